The Kier molecular flexibility index (Phi) is 7.49. The summed E-state index contributed by atoms with van der Waals surface area (Å²) in [6.45, 7) is 0. The zero-order valence-electron chi connectivity index (χ0n) is 30.5. The molecule has 0 saturated heterocycles. The van der Waals surface area contributed by atoms with E-state index in [9.17, 15) is 0 Å². The highest BCUT2D eigenvalue weighted by atomic mass is 14.4. The van der Waals surface area contributed by atoms with Gasteiger partial charge in [0.05, 0.1) is 0 Å². The van der Waals surface area contributed by atoms with Gasteiger partial charge in [0, 0.05) is 5.92 Å². The third-order valence-electron chi connectivity index (χ3n) is 12.1. The summed E-state index contributed by atoms with van der Waals surface area (Å²) < 4.78 is 0. The highest BCUT2D eigenvalue weighted by molar-refractivity contribution is 6.06. The second-order valence-electron chi connectivity index (χ2n) is 15.1. The fraction of sp³-hybridized carbons (Fsp3) is 0.0545. The minimum atomic E-state index is 0.0209. The van der Waals surface area contributed by atoms with Gasteiger partial charge in [-0.15, -0.1) is 0 Å². The van der Waals surface area contributed by atoms with E-state index < -0.39 is 0 Å². The van der Waals surface area contributed by atoms with E-state index in [-0.39, 0.29) is 5.92 Å². The third kappa shape index (κ3) is 5.21. The first kappa shape index (κ1) is 31.7. The molecule has 55 heavy (non-hydrogen) atoms. The molecule has 9 aromatic rings. The number of hydrogen-bond donors (Lipinski definition) is 0. The molecule has 11 rings (SSSR count). The summed E-state index contributed by atoms with van der Waals surface area (Å²) in [7, 11) is 0. The smallest absolute Gasteiger partial charge is 0.0352 e. The van der Waals surface area contributed by atoms with E-state index in [0.29, 0.717) is 0 Å². The molecule has 0 saturated carbocycles. The normalized spacial score (nSPS) is 12.9. The van der Waals surface area contributed by atoms with Crippen molar-refractivity contribution in [1.29, 1.82) is 0 Å². The topological polar surface area (TPSA) is 0 Å². The Bertz CT molecular complexity index is 2900. The first-order valence-corrected chi connectivity index (χ1v) is 19.5. The van der Waals surface area contributed by atoms with Crippen molar-refractivity contribution < 1.29 is 0 Å². The van der Waals surface area contributed by atoms with E-state index in [4.69, 9.17) is 0 Å². The highest BCUT2D eigenvalue weighted by Crippen LogP contribution is 2.52. The van der Waals surface area contributed by atoms with E-state index in [1.807, 2.05) is 0 Å². The summed E-state index contributed by atoms with van der Waals surface area (Å²) in [4.78, 5) is 0. The monoisotopic (exact) mass is 698 g/mol. The maximum atomic E-state index is 2.49. The van der Waals surface area contributed by atoms with Gasteiger partial charge in [-0.3, -0.25) is 0 Å². The Morgan fingerprint density at radius 1 is 0.327 bits per heavy atom. The summed E-state index contributed by atoms with van der Waals surface area (Å²) >= 11 is 0. The second kappa shape index (κ2) is 13.0. The SMILES string of the molecule is c1ccc(-c2ccc(C(c3ccccc3-c3ccccc3)c3cccc4c3-c3cc5ccccc5c(-c5cccc6c5Cc5ccccc5-6)c3C4)cc2)cc1. The summed E-state index contributed by atoms with van der Waals surface area (Å²) in [6.07, 6.45) is 1.88. The predicted molar refractivity (Wildman–Crippen MR) is 231 cm³/mol. The molecule has 0 N–H and O–H groups in total. The van der Waals surface area contributed by atoms with E-state index in [2.05, 4.69) is 200 Å². The molecular formula is C55H38. The maximum Gasteiger partial charge on any atom is 0.0352 e. The van der Waals surface area contributed by atoms with Crippen molar-refractivity contribution in [3.05, 3.63) is 239 Å². The first-order valence-electron chi connectivity index (χ1n) is 19.5. The average molecular weight is 699 g/mol. The van der Waals surface area contributed by atoms with Crippen LogP contribution in [0.25, 0.3) is 66.4 Å². The van der Waals surface area contributed by atoms with Gasteiger partial charge in [0.2, 0.25) is 0 Å². The highest BCUT2D eigenvalue weighted by Gasteiger charge is 2.32. The minimum Gasteiger partial charge on any atom is -0.0622 e. The average Bonchev–Trinajstić information content (AvgIpc) is 3.83. The standard InChI is InChI=1S/C55H38/c1-3-15-36(16-4-1)37-29-31-39(32-30-37)53(47-25-12-11-22-43(47)38-17-5-2-6-18-38)49-28-13-21-42-35-52-51(54(42)49)34-41-20-8-10-24-45(41)55(52)48-27-14-26-46-44-23-9-7-19-40(44)33-50(46)48/h1-32,34,53H,33,35H2. The van der Waals surface area contributed by atoms with E-state index >= 15 is 0 Å². The van der Waals surface area contributed by atoms with Crippen molar-refractivity contribution in [3.8, 4) is 55.6 Å². The van der Waals surface area contributed by atoms with Crippen LogP contribution in [0.1, 0.15) is 44.9 Å². The van der Waals surface area contributed by atoms with Gasteiger partial charge in [-0.25, -0.2) is 0 Å². The number of hydrogen-bond acceptors (Lipinski definition) is 0. The number of fused-ring (bicyclic) bond motifs is 7. The quantitative estimate of drug-likeness (QED) is 0.152. The third-order valence-corrected chi connectivity index (χ3v) is 12.1. The largest absolute Gasteiger partial charge is 0.0622 e. The minimum absolute atomic E-state index is 0.0209. The molecule has 2 aliphatic rings. The molecule has 2 aliphatic carbocycles. The van der Waals surface area contributed by atoms with Crippen LogP contribution in [0, 0.1) is 0 Å². The summed E-state index contributed by atoms with van der Waals surface area (Å²) in [6, 6.07) is 74.5. The molecule has 0 radical (unpaired) electrons. The van der Waals surface area contributed by atoms with Crippen LogP contribution in [0.3, 0.4) is 0 Å². The molecule has 0 aromatic heterocycles. The molecular weight excluding hydrogens is 661 g/mol. The maximum absolute atomic E-state index is 2.49. The van der Waals surface area contributed by atoms with E-state index in [0.717, 1.165) is 12.8 Å². The van der Waals surface area contributed by atoms with Crippen LogP contribution in [-0.2, 0) is 12.8 Å². The van der Waals surface area contributed by atoms with Gasteiger partial charge in [-0.05, 0) is 124 Å². The van der Waals surface area contributed by atoms with E-state index in [1.54, 1.807) is 0 Å². The zero-order chi connectivity index (χ0) is 36.3. The van der Waals surface area contributed by atoms with Gasteiger partial charge in [0.15, 0.2) is 0 Å². The first-order chi connectivity index (χ1) is 27.3. The molecule has 1 unspecified atom stereocenters. The summed E-state index contributed by atoms with van der Waals surface area (Å²) in [5, 5.41) is 2.63. The van der Waals surface area contributed by atoms with Crippen molar-refractivity contribution >= 4 is 10.8 Å². The van der Waals surface area contributed by atoms with Crippen LogP contribution in [0.4, 0.5) is 0 Å². The lowest BCUT2D eigenvalue weighted by molar-refractivity contribution is 0.980. The van der Waals surface area contributed by atoms with Crippen LogP contribution in [0.15, 0.2) is 200 Å². The van der Waals surface area contributed by atoms with Crippen LogP contribution in [0.2, 0.25) is 0 Å². The Morgan fingerprint density at radius 2 is 0.909 bits per heavy atom. The van der Waals surface area contributed by atoms with Crippen LogP contribution >= 0.6 is 0 Å². The molecule has 0 nitrogen and oxygen atoms in total. The van der Waals surface area contributed by atoms with Crippen molar-refractivity contribution in [3.63, 3.8) is 0 Å². The van der Waals surface area contributed by atoms with Gasteiger partial charge >= 0.3 is 0 Å². The Balaban J connectivity index is 1.15. The fourth-order valence-electron chi connectivity index (χ4n) is 9.68. The van der Waals surface area contributed by atoms with Crippen molar-refractivity contribution in [2.24, 2.45) is 0 Å². The van der Waals surface area contributed by atoms with Crippen molar-refractivity contribution in [2.75, 3.05) is 0 Å². The second-order valence-corrected chi connectivity index (χ2v) is 15.1. The lowest BCUT2D eigenvalue weighted by Crippen LogP contribution is -2.07. The molecule has 0 heterocycles. The molecule has 0 heteroatoms. The lowest BCUT2D eigenvalue weighted by Gasteiger charge is -2.25. The number of rotatable bonds is 6. The zero-order valence-corrected chi connectivity index (χ0v) is 30.5. The molecule has 0 spiro atoms. The Morgan fingerprint density at radius 3 is 1.75 bits per heavy atom. The molecule has 0 fully saturated rings. The number of benzene rings is 9. The molecule has 0 amide bonds. The van der Waals surface area contributed by atoms with Crippen LogP contribution in [-0.4, -0.2) is 0 Å². The van der Waals surface area contributed by atoms with E-state index in [1.165, 1.54) is 105 Å². The summed E-state index contributed by atoms with van der Waals surface area (Å²) in [5.41, 5.74) is 23.0. The van der Waals surface area contributed by atoms with Gasteiger partial charge < -0.3 is 0 Å². The van der Waals surface area contributed by atoms with Crippen molar-refractivity contribution in [2.45, 2.75) is 18.8 Å². The predicted octanol–water partition coefficient (Wildman–Crippen LogP) is 14.2. The van der Waals surface area contributed by atoms with Gasteiger partial charge in [-0.2, -0.15) is 0 Å². The van der Waals surface area contributed by atoms with Gasteiger partial charge in [0.25, 0.3) is 0 Å². The Hall–Kier alpha value is -6.76. The Labute approximate surface area is 323 Å². The lowest BCUT2D eigenvalue weighted by atomic mass is 9.78. The fourth-order valence-corrected chi connectivity index (χ4v) is 9.68. The molecule has 258 valence electrons. The molecule has 9 aromatic carbocycles. The van der Waals surface area contributed by atoms with Gasteiger partial charge in [-0.1, -0.05) is 194 Å². The molecule has 0 bridgehead atoms. The summed E-state index contributed by atoms with van der Waals surface area (Å²) in [5.74, 6) is 0.0209. The molecule has 0 aliphatic heterocycles. The molecule has 1 atom stereocenters. The van der Waals surface area contributed by atoms with Crippen molar-refractivity contribution in [1.82, 2.24) is 0 Å². The van der Waals surface area contributed by atoms with Crippen LogP contribution < -0.4 is 0 Å². The van der Waals surface area contributed by atoms with Gasteiger partial charge in [0.1, 0.15) is 0 Å². The van der Waals surface area contributed by atoms with Crippen LogP contribution in [0.5, 0.6) is 0 Å².